The molecule has 5 heteroatoms. The molecule has 106 valence electrons. The number of aliphatic hydroxyl groups is 1. The minimum absolute atomic E-state index is 0.176. The second-order valence-corrected chi connectivity index (χ2v) is 4.35. The first-order chi connectivity index (χ1) is 9.04. The van der Waals surface area contributed by atoms with E-state index in [1.54, 1.807) is 43.1 Å². The van der Waals surface area contributed by atoms with Crippen molar-refractivity contribution in [2.24, 2.45) is 0 Å². The molecule has 0 bridgehead atoms. The molecule has 2 amide bonds. The highest BCUT2D eigenvalue weighted by atomic mass is 16.5. The Labute approximate surface area is 114 Å². The zero-order valence-electron chi connectivity index (χ0n) is 11.7. The van der Waals surface area contributed by atoms with E-state index in [0.717, 1.165) is 5.56 Å². The van der Waals surface area contributed by atoms with Gasteiger partial charge in [0.2, 0.25) is 0 Å². The molecule has 2 N–H and O–H groups in total. The van der Waals surface area contributed by atoms with Gasteiger partial charge in [0, 0.05) is 25.9 Å². The SMILES string of the molecule is CCOCCN(C)C(=O)Nc1ccc(C(C)O)cc1. The van der Waals surface area contributed by atoms with Crippen LogP contribution in [-0.2, 0) is 4.74 Å². The van der Waals surface area contributed by atoms with E-state index in [-0.39, 0.29) is 6.03 Å². The number of benzene rings is 1. The lowest BCUT2D eigenvalue weighted by atomic mass is 10.1. The third-order valence-electron chi connectivity index (χ3n) is 2.77. The molecule has 0 aromatic heterocycles. The number of anilines is 1. The number of nitrogens with zero attached hydrogens (tertiary/aromatic N) is 1. The molecule has 0 aliphatic heterocycles. The van der Waals surface area contributed by atoms with E-state index in [2.05, 4.69) is 5.32 Å². The Kier molecular flexibility index (Phi) is 6.32. The van der Waals surface area contributed by atoms with Crippen LogP contribution in [0.1, 0.15) is 25.5 Å². The molecule has 1 unspecified atom stereocenters. The van der Waals surface area contributed by atoms with Crippen molar-refractivity contribution in [3.05, 3.63) is 29.8 Å². The monoisotopic (exact) mass is 266 g/mol. The number of carbonyl (C=O) groups excluding carboxylic acids is 1. The number of urea groups is 1. The second-order valence-electron chi connectivity index (χ2n) is 4.35. The molecule has 1 aromatic carbocycles. The fourth-order valence-corrected chi connectivity index (χ4v) is 1.51. The quantitative estimate of drug-likeness (QED) is 0.776. The van der Waals surface area contributed by atoms with Gasteiger partial charge in [0.25, 0.3) is 0 Å². The Morgan fingerprint density at radius 3 is 2.58 bits per heavy atom. The number of nitrogens with one attached hydrogen (secondary N) is 1. The maximum absolute atomic E-state index is 11.8. The third kappa shape index (κ3) is 5.28. The van der Waals surface area contributed by atoms with Gasteiger partial charge in [-0.15, -0.1) is 0 Å². The van der Waals surface area contributed by atoms with Crippen molar-refractivity contribution in [2.45, 2.75) is 20.0 Å². The smallest absolute Gasteiger partial charge is 0.321 e. The largest absolute Gasteiger partial charge is 0.389 e. The maximum atomic E-state index is 11.8. The topological polar surface area (TPSA) is 61.8 Å². The molecule has 5 nitrogen and oxygen atoms in total. The van der Waals surface area contributed by atoms with E-state index in [0.29, 0.717) is 25.4 Å². The first-order valence-corrected chi connectivity index (χ1v) is 6.42. The second kappa shape index (κ2) is 7.76. The molecular weight excluding hydrogens is 244 g/mol. The Morgan fingerprint density at radius 2 is 2.05 bits per heavy atom. The minimum Gasteiger partial charge on any atom is -0.389 e. The van der Waals surface area contributed by atoms with E-state index in [9.17, 15) is 9.90 Å². The van der Waals surface area contributed by atoms with Crippen LogP contribution in [0.2, 0.25) is 0 Å². The van der Waals surface area contributed by atoms with Gasteiger partial charge in [-0.2, -0.15) is 0 Å². The maximum Gasteiger partial charge on any atom is 0.321 e. The average molecular weight is 266 g/mol. The number of amides is 2. The van der Waals surface area contributed by atoms with Crippen molar-refractivity contribution in [3.8, 4) is 0 Å². The van der Waals surface area contributed by atoms with Crippen LogP contribution in [0.3, 0.4) is 0 Å². The van der Waals surface area contributed by atoms with Crippen molar-refractivity contribution in [3.63, 3.8) is 0 Å². The number of rotatable bonds is 6. The lowest BCUT2D eigenvalue weighted by Crippen LogP contribution is -2.34. The highest BCUT2D eigenvalue weighted by Crippen LogP contribution is 2.15. The van der Waals surface area contributed by atoms with Crippen LogP contribution in [0, 0.1) is 0 Å². The Hall–Kier alpha value is -1.59. The molecule has 1 aromatic rings. The lowest BCUT2D eigenvalue weighted by molar-refractivity contribution is 0.128. The summed E-state index contributed by atoms with van der Waals surface area (Å²) in [7, 11) is 1.72. The molecule has 0 radical (unpaired) electrons. The van der Waals surface area contributed by atoms with E-state index in [1.165, 1.54) is 0 Å². The number of carbonyl (C=O) groups is 1. The molecule has 0 aliphatic rings. The molecule has 0 fully saturated rings. The predicted molar refractivity (Wildman–Crippen MR) is 75.2 cm³/mol. The lowest BCUT2D eigenvalue weighted by Gasteiger charge is -2.18. The van der Waals surface area contributed by atoms with Crippen LogP contribution in [0.5, 0.6) is 0 Å². The molecule has 1 atom stereocenters. The van der Waals surface area contributed by atoms with Crippen LogP contribution >= 0.6 is 0 Å². The normalized spacial score (nSPS) is 12.0. The highest BCUT2D eigenvalue weighted by Gasteiger charge is 2.08. The van der Waals surface area contributed by atoms with Gasteiger partial charge in [0.05, 0.1) is 12.7 Å². The third-order valence-corrected chi connectivity index (χ3v) is 2.77. The van der Waals surface area contributed by atoms with Crippen LogP contribution in [0.25, 0.3) is 0 Å². The highest BCUT2D eigenvalue weighted by molar-refractivity contribution is 5.89. The Bertz CT molecular complexity index is 390. The minimum atomic E-state index is -0.501. The molecule has 1 rings (SSSR count). The average Bonchev–Trinajstić information content (AvgIpc) is 2.39. The predicted octanol–water partition coefficient (Wildman–Crippen LogP) is 2.24. The molecule has 19 heavy (non-hydrogen) atoms. The van der Waals surface area contributed by atoms with E-state index < -0.39 is 6.10 Å². The summed E-state index contributed by atoms with van der Waals surface area (Å²) < 4.78 is 5.20. The van der Waals surface area contributed by atoms with Crippen LogP contribution < -0.4 is 5.32 Å². The molecule has 0 saturated carbocycles. The summed E-state index contributed by atoms with van der Waals surface area (Å²) in [4.78, 5) is 13.4. The zero-order chi connectivity index (χ0) is 14.3. The van der Waals surface area contributed by atoms with Gasteiger partial charge in [-0.3, -0.25) is 0 Å². The molecule has 0 saturated heterocycles. The number of ether oxygens (including phenoxy) is 1. The summed E-state index contributed by atoms with van der Waals surface area (Å²) >= 11 is 0. The van der Waals surface area contributed by atoms with Crippen LogP contribution in [-0.4, -0.2) is 42.8 Å². The number of aliphatic hydroxyl groups excluding tert-OH is 1. The molecule has 0 heterocycles. The molecule has 0 aliphatic carbocycles. The van der Waals surface area contributed by atoms with Crippen molar-refractivity contribution in [1.29, 1.82) is 0 Å². The first kappa shape index (κ1) is 15.5. The van der Waals surface area contributed by atoms with E-state index >= 15 is 0 Å². The summed E-state index contributed by atoms with van der Waals surface area (Å²) in [6.45, 7) is 5.35. The summed E-state index contributed by atoms with van der Waals surface area (Å²) in [6, 6.07) is 6.96. The summed E-state index contributed by atoms with van der Waals surface area (Å²) in [5.74, 6) is 0. The van der Waals surface area contributed by atoms with E-state index in [1.807, 2.05) is 6.92 Å². The Morgan fingerprint density at radius 1 is 1.42 bits per heavy atom. The standard InChI is InChI=1S/C14H22N2O3/c1-4-19-10-9-16(3)14(18)15-13-7-5-12(6-8-13)11(2)17/h5-8,11,17H,4,9-10H2,1-3H3,(H,15,18). The van der Waals surface area contributed by atoms with Crippen LogP contribution in [0.15, 0.2) is 24.3 Å². The van der Waals surface area contributed by atoms with Gasteiger partial charge in [-0.05, 0) is 31.5 Å². The summed E-state index contributed by atoms with van der Waals surface area (Å²) in [5.41, 5.74) is 1.53. The van der Waals surface area contributed by atoms with Crippen molar-refractivity contribution >= 4 is 11.7 Å². The van der Waals surface area contributed by atoms with E-state index in [4.69, 9.17) is 4.74 Å². The zero-order valence-corrected chi connectivity index (χ0v) is 11.7. The van der Waals surface area contributed by atoms with Crippen LogP contribution in [0.4, 0.5) is 10.5 Å². The number of hydrogen-bond acceptors (Lipinski definition) is 3. The molecule has 0 spiro atoms. The van der Waals surface area contributed by atoms with Gasteiger partial charge in [0.1, 0.15) is 0 Å². The van der Waals surface area contributed by atoms with Crippen molar-refractivity contribution < 1.29 is 14.6 Å². The van der Waals surface area contributed by atoms with Gasteiger partial charge < -0.3 is 20.1 Å². The fourth-order valence-electron chi connectivity index (χ4n) is 1.51. The summed E-state index contributed by atoms with van der Waals surface area (Å²) in [5, 5.41) is 12.2. The molecular formula is C14H22N2O3. The fraction of sp³-hybridized carbons (Fsp3) is 0.500. The van der Waals surface area contributed by atoms with Gasteiger partial charge in [-0.25, -0.2) is 4.79 Å². The van der Waals surface area contributed by atoms with Gasteiger partial charge >= 0.3 is 6.03 Å². The Balaban J connectivity index is 2.47. The number of hydrogen-bond donors (Lipinski definition) is 2. The number of likely N-dealkylation sites (N-methyl/N-ethyl adjacent to an activating group) is 1. The first-order valence-electron chi connectivity index (χ1n) is 6.42. The summed E-state index contributed by atoms with van der Waals surface area (Å²) in [6.07, 6.45) is -0.501. The van der Waals surface area contributed by atoms with Gasteiger partial charge in [-0.1, -0.05) is 12.1 Å². The van der Waals surface area contributed by atoms with Crippen molar-refractivity contribution in [2.75, 3.05) is 32.1 Å². The van der Waals surface area contributed by atoms with Crippen molar-refractivity contribution in [1.82, 2.24) is 4.90 Å². The van der Waals surface area contributed by atoms with Gasteiger partial charge in [0.15, 0.2) is 0 Å².